The number of aryl methyl sites for hydroxylation is 1. The quantitative estimate of drug-likeness (QED) is 0.316. The van der Waals surface area contributed by atoms with E-state index < -0.39 is 23.7 Å². The standard InChI is InChI=1S/C29H23F2N5O/c1-19-23-18-35(29(37)32-25-17-21(30)14-15-24(25)31)27(20-9-4-2-5-10-20)26-13-8-16-34(26)28(23)36(33-19)22-11-6-3-7-12-22/h2-17,27H,18H2,1H3,(H,32,37)/t27-/m0/s1. The molecular formula is C29H23F2N5O. The Balaban J connectivity index is 1.53. The zero-order valence-electron chi connectivity index (χ0n) is 20.0. The second-order valence-corrected chi connectivity index (χ2v) is 8.93. The second kappa shape index (κ2) is 9.05. The number of rotatable bonds is 3. The summed E-state index contributed by atoms with van der Waals surface area (Å²) in [6.07, 6.45) is 1.96. The number of anilines is 1. The van der Waals surface area contributed by atoms with Gasteiger partial charge in [-0.2, -0.15) is 5.10 Å². The lowest BCUT2D eigenvalue weighted by molar-refractivity contribution is 0.194. The lowest BCUT2D eigenvalue weighted by Gasteiger charge is -2.31. The molecule has 1 atom stereocenters. The van der Waals surface area contributed by atoms with Crippen LogP contribution in [-0.2, 0) is 6.54 Å². The number of hydrogen-bond donors (Lipinski definition) is 1. The summed E-state index contributed by atoms with van der Waals surface area (Å²) in [5, 5.41) is 7.41. The first-order valence-electron chi connectivity index (χ1n) is 11.9. The number of hydrogen-bond acceptors (Lipinski definition) is 2. The van der Waals surface area contributed by atoms with Crippen LogP contribution >= 0.6 is 0 Å². The number of carbonyl (C=O) groups excluding carboxylic acids is 1. The zero-order chi connectivity index (χ0) is 25.5. The second-order valence-electron chi connectivity index (χ2n) is 8.93. The van der Waals surface area contributed by atoms with E-state index in [0.717, 1.165) is 52.2 Å². The summed E-state index contributed by atoms with van der Waals surface area (Å²) in [6.45, 7) is 2.12. The van der Waals surface area contributed by atoms with E-state index in [2.05, 4.69) is 9.88 Å². The van der Waals surface area contributed by atoms with Crippen LogP contribution in [-0.4, -0.2) is 25.3 Å². The number of halogens is 2. The molecule has 184 valence electrons. The Labute approximate surface area is 212 Å². The van der Waals surface area contributed by atoms with E-state index in [1.54, 1.807) is 4.90 Å². The molecule has 37 heavy (non-hydrogen) atoms. The highest BCUT2D eigenvalue weighted by molar-refractivity contribution is 5.90. The van der Waals surface area contributed by atoms with Crippen LogP contribution in [0.3, 0.4) is 0 Å². The molecule has 1 aliphatic rings. The number of urea groups is 1. The van der Waals surface area contributed by atoms with Gasteiger partial charge in [0.25, 0.3) is 0 Å². The van der Waals surface area contributed by atoms with Crippen molar-refractivity contribution >= 4 is 11.7 Å². The maximum Gasteiger partial charge on any atom is 0.323 e. The molecule has 1 aliphatic heterocycles. The van der Waals surface area contributed by atoms with E-state index >= 15 is 0 Å². The summed E-state index contributed by atoms with van der Waals surface area (Å²) in [6, 6.07) is 25.3. The van der Waals surface area contributed by atoms with Gasteiger partial charge in [0.2, 0.25) is 0 Å². The van der Waals surface area contributed by atoms with Crippen molar-refractivity contribution in [1.82, 2.24) is 19.2 Å². The van der Waals surface area contributed by atoms with Crippen molar-refractivity contribution in [2.24, 2.45) is 0 Å². The first-order chi connectivity index (χ1) is 18.0. The zero-order valence-corrected chi connectivity index (χ0v) is 20.0. The summed E-state index contributed by atoms with van der Waals surface area (Å²) in [4.78, 5) is 15.4. The fraction of sp³-hybridized carbons (Fsp3) is 0.103. The van der Waals surface area contributed by atoms with Crippen LogP contribution in [0, 0.1) is 18.6 Å². The molecule has 2 aromatic heterocycles. The van der Waals surface area contributed by atoms with Crippen molar-refractivity contribution in [2.75, 3.05) is 5.32 Å². The number of fused-ring (bicyclic) bond motifs is 3. The number of para-hydroxylation sites is 1. The predicted molar refractivity (Wildman–Crippen MR) is 137 cm³/mol. The van der Waals surface area contributed by atoms with Crippen LogP contribution in [0.25, 0.3) is 11.5 Å². The molecule has 2 amide bonds. The van der Waals surface area contributed by atoms with Gasteiger partial charge in [-0.05, 0) is 48.9 Å². The van der Waals surface area contributed by atoms with E-state index in [1.165, 1.54) is 0 Å². The molecule has 5 aromatic rings. The Morgan fingerprint density at radius 2 is 1.68 bits per heavy atom. The minimum Gasteiger partial charge on any atom is -0.307 e. The third kappa shape index (κ3) is 3.96. The summed E-state index contributed by atoms with van der Waals surface area (Å²) in [7, 11) is 0. The van der Waals surface area contributed by atoms with Gasteiger partial charge in [0.05, 0.1) is 35.3 Å². The smallest absolute Gasteiger partial charge is 0.307 e. The maximum atomic E-state index is 14.5. The summed E-state index contributed by atoms with van der Waals surface area (Å²) in [5.74, 6) is -0.516. The molecule has 3 aromatic carbocycles. The van der Waals surface area contributed by atoms with Gasteiger partial charge < -0.3 is 14.8 Å². The van der Waals surface area contributed by atoms with Crippen LogP contribution in [0.15, 0.2) is 97.2 Å². The monoisotopic (exact) mass is 495 g/mol. The average molecular weight is 496 g/mol. The van der Waals surface area contributed by atoms with Crippen molar-refractivity contribution in [2.45, 2.75) is 19.5 Å². The van der Waals surface area contributed by atoms with Crippen LogP contribution in [0.2, 0.25) is 0 Å². The van der Waals surface area contributed by atoms with E-state index in [-0.39, 0.29) is 12.2 Å². The van der Waals surface area contributed by atoms with Crippen molar-refractivity contribution in [1.29, 1.82) is 0 Å². The molecule has 0 radical (unpaired) electrons. The molecule has 3 heterocycles. The fourth-order valence-corrected chi connectivity index (χ4v) is 4.92. The molecule has 0 saturated heterocycles. The molecule has 0 bridgehead atoms. The molecular weight excluding hydrogens is 472 g/mol. The minimum atomic E-state index is -0.710. The molecule has 0 aliphatic carbocycles. The number of amides is 2. The Morgan fingerprint density at radius 1 is 0.946 bits per heavy atom. The summed E-state index contributed by atoms with van der Waals surface area (Å²) >= 11 is 0. The number of carbonyl (C=O) groups is 1. The van der Waals surface area contributed by atoms with E-state index in [0.29, 0.717) is 0 Å². The number of aromatic nitrogens is 3. The third-order valence-corrected chi connectivity index (χ3v) is 6.63. The molecule has 1 N–H and O–H groups in total. The van der Waals surface area contributed by atoms with Gasteiger partial charge in [0.15, 0.2) is 0 Å². The van der Waals surface area contributed by atoms with Crippen molar-refractivity contribution in [3.05, 3.63) is 131 Å². The Hall–Kier alpha value is -4.72. The topological polar surface area (TPSA) is 55.1 Å². The lowest BCUT2D eigenvalue weighted by atomic mass is 10.0. The Bertz CT molecular complexity index is 1590. The van der Waals surface area contributed by atoms with Gasteiger partial charge in [-0.1, -0.05) is 48.5 Å². The number of nitrogens with zero attached hydrogens (tertiary/aromatic N) is 4. The van der Waals surface area contributed by atoms with Crippen LogP contribution in [0.1, 0.15) is 28.6 Å². The van der Waals surface area contributed by atoms with Crippen LogP contribution < -0.4 is 5.32 Å². The highest BCUT2D eigenvalue weighted by atomic mass is 19.1. The first-order valence-corrected chi connectivity index (χ1v) is 11.9. The van der Waals surface area contributed by atoms with E-state index in [4.69, 9.17) is 5.10 Å². The number of benzene rings is 3. The van der Waals surface area contributed by atoms with E-state index in [9.17, 15) is 13.6 Å². The largest absolute Gasteiger partial charge is 0.323 e. The third-order valence-electron chi connectivity index (χ3n) is 6.63. The van der Waals surface area contributed by atoms with E-state index in [1.807, 2.05) is 90.6 Å². The van der Waals surface area contributed by atoms with Gasteiger partial charge in [0.1, 0.15) is 17.5 Å². The average Bonchev–Trinajstić information content (AvgIpc) is 3.47. The Morgan fingerprint density at radius 3 is 2.43 bits per heavy atom. The maximum absolute atomic E-state index is 14.5. The first kappa shape index (κ1) is 22.7. The molecule has 0 saturated carbocycles. The summed E-state index contributed by atoms with van der Waals surface area (Å²) in [5.41, 5.74) is 4.03. The fourth-order valence-electron chi connectivity index (χ4n) is 4.92. The highest BCUT2D eigenvalue weighted by Crippen LogP contribution is 2.38. The molecule has 0 spiro atoms. The Kier molecular flexibility index (Phi) is 5.56. The molecule has 0 unspecified atom stereocenters. The predicted octanol–water partition coefficient (Wildman–Crippen LogP) is 6.39. The van der Waals surface area contributed by atoms with Gasteiger partial charge in [0, 0.05) is 17.8 Å². The molecule has 8 heteroatoms. The van der Waals surface area contributed by atoms with Crippen LogP contribution in [0.5, 0.6) is 0 Å². The van der Waals surface area contributed by atoms with Gasteiger partial charge in [-0.25, -0.2) is 18.3 Å². The van der Waals surface area contributed by atoms with Crippen molar-refractivity contribution in [3.8, 4) is 11.5 Å². The normalized spacial score (nSPS) is 14.6. The summed E-state index contributed by atoms with van der Waals surface area (Å²) < 4.78 is 32.3. The van der Waals surface area contributed by atoms with Gasteiger partial charge in [-0.3, -0.25) is 0 Å². The molecule has 0 fully saturated rings. The number of nitrogens with one attached hydrogen (secondary N) is 1. The van der Waals surface area contributed by atoms with Crippen molar-refractivity contribution < 1.29 is 13.6 Å². The van der Waals surface area contributed by atoms with Gasteiger partial charge >= 0.3 is 6.03 Å². The van der Waals surface area contributed by atoms with Crippen molar-refractivity contribution in [3.63, 3.8) is 0 Å². The molecule has 6 nitrogen and oxygen atoms in total. The van der Waals surface area contributed by atoms with Crippen LogP contribution in [0.4, 0.5) is 19.3 Å². The van der Waals surface area contributed by atoms with Gasteiger partial charge in [-0.15, -0.1) is 0 Å². The highest BCUT2D eigenvalue weighted by Gasteiger charge is 2.36. The molecule has 6 rings (SSSR count). The minimum absolute atomic E-state index is 0.206. The SMILES string of the molecule is Cc1nn(-c2ccccc2)c2c1CN(C(=O)Nc1cc(F)ccc1F)[C@@H](c1ccccc1)c1cccn1-2. The lowest BCUT2D eigenvalue weighted by Crippen LogP contribution is -2.38.